The summed E-state index contributed by atoms with van der Waals surface area (Å²) in [5.74, 6) is 1.34. The van der Waals surface area contributed by atoms with Gasteiger partial charge in [-0.1, -0.05) is 42.8 Å². The normalized spacial score (nSPS) is 19.6. The lowest BCUT2D eigenvalue weighted by Gasteiger charge is -2.19. The monoisotopic (exact) mass is 558 g/mol. The van der Waals surface area contributed by atoms with E-state index in [1.54, 1.807) is 6.33 Å². The van der Waals surface area contributed by atoms with Crippen LogP contribution in [0.4, 0.5) is 4.79 Å². The number of aryl methyl sites for hydroxylation is 1. The summed E-state index contributed by atoms with van der Waals surface area (Å²) in [6, 6.07) is 13.4. The fraction of sp³-hybridized carbons (Fsp3) is 0.424. The number of hydrogen-bond donors (Lipinski definition) is 2. The fourth-order valence-corrected chi connectivity index (χ4v) is 5.15. The number of ether oxygens (including phenoxy) is 2. The Labute approximate surface area is 244 Å². The number of carbonyl (C=O) groups is 2. The van der Waals surface area contributed by atoms with E-state index in [9.17, 15) is 9.59 Å². The smallest absolute Gasteiger partial charge is 0.407 e. The van der Waals surface area contributed by atoms with E-state index >= 15 is 0 Å². The molecule has 8 heteroatoms. The first kappa shape index (κ1) is 32.9. The molecule has 3 aromatic rings. The van der Waals surface area contributed by atoms with Crippen molar-refractivity contribution in [2.24, 2.45) is 11.8 Å². The number of methoxy groups -OCH3 is 1. The van der Waals surface area contributed by atoms with E-state index in [1.165, 1.54) is 48.3 Å². The quantitative estimate of drug-likeness (QED) is 0.418. The zero-order chi connectivity index (χ0) is 30.2. The summed E-state index contributed by atoms with van der Waals surface area (Å²) in [6.45, 7) is 7.16. The van der Waals surface area contributed by atoms with Crippen LogP contribution in [0.1, 0.15) is 38.2 Å². The lowest BCUT2D eigenvalue weighted by atomic mass is 10.0. The summed E-state index contributed by atoms with van der Waals surface area (Å²) in [7, 11) is 1.29. The number of H-pyrrole nitrogens is 1. The number of nitrogens with one attached hydrogen (secondary N) is 2. The van der Waals surface area contributed by atoms with Crippen molar-refractivity contribution in [3.63, 3.8) is 0 Å². The summed E-state index contributed by atoms with van der Waals surface area (Å²) in [6.07, 6.45) is 24.0. The van der Waals surface area contributed by atoms with Crippen LogP contribution in [0.15, 0.2) is 48.9 Å². The van der Waals surface area contributed by atoms with Gasteiger partial charge in [-0.25, -0.2) is 9.78 Å². The number of aromatic nitrogens is 2. The Morgan fingerprint density at radius 3 is 2.29 bits per heavy atom. The average Bonchev–Trinajstić information content (AvgIpc) is 3.43. The second kappa shape index (κ2) is 17.4. The molecule has 6 rings (SSSR count). The number of terminal acetylenes is 2. The van der Waals surface area contributed by atoms with E-state index in [4.69, 9.17) is 4.74 Å². The highest BCUT2D eigenvalue weighted by atomic mass is 16.5. The molecule has 2 amide bonds. The van der Waals surface area contributed by atoms with Gasteiger partial charge in [-0.15, -0.1) is 25.7 Å². The van der Waals surface area contributed by atoms with Crippen molar-refractivity contribution in [3.8, 4) is 37.0 Å². The minimum atomic E-state index is -0.553. The molecule has 1 saturated carbocycles. The number of amides is 2. The predicted molar refractivity (Wildman–Crippen MR) is 164 cm³/mol. The number of carbonyl (C=O) groups excluding carboxylic acids is 2. The summed E-state index contributed by atoms with van der Waals surface area (Å²) < 4.78 is 9.47. The van der Waals surface area contributed by atoms with Gasteiger partial charge in [-0.3, -0.25) is 4.79 Å². The molecule has 2 N–H and O–H groups in total. The van der Waals surface area contributed by atoms with Gasteiger partial charge in [0.15, 0.2) is 0 Å². The molecule has 2 aromatic carbocycles. The first-order chi connectivity index (χ1) is 20.0. The SMILES string of the molecule is C#C.C#C.C1CCOCC1.COC(=O)NCC(=O)N1CCC2C1[C@@H]2C.Cc1ccc2cc(-c3cnc[nH]3)ccc2c1. The predicted octanol–water partition coefficient (Wildman–Crippen LogP) is 5.43. The van der Waals surface area contributed by atoms with Crippen molar-refractivity contribution in [3.05, 3.63) is 54.5 Å². The Hall–Kier alpha value is -4.27. The molecule has 2 saturated heterocycles. The molecule has 0 bridgehead atoms. The third kappa shape index (κ3) is 9.70. The molecule has 3 fully saturated rings. The Kier molecular flexibility index (Phi) is 14.0. The zero-order valence-electron chi connectivity index (χ0n) is 24.3. The van der Waals surface area contributed by atoms with Gasteiger partial charge in [0.2, 0.25) is 5.91 Å². The molecule has 3 heterocycles. The van der Waals surface area contributed by atoms with Crippen LogP contribution in [0.25, 0.3) is 22.0 Å². The van der Waals surface area contributed by atoms with Crippen LogP contribution < -0.4 is 5.32 Å². The van der Waals surface area contributed by atoms with Crippen LogP contribution in [0.5, 0.6) is 0 Å². The Balaban J connectivity index is 0.000000218. The van der Waals surface area contributed by atoms with Crippen LogP contribution in [0, 0.1) is 44.5 Å². The van der Waals surface area contributed by atoms with Crippen LogP contribution in [0.2, 0.25) is 0 Å². The van der Waals surface area contributed by atoms with Crippen LogP contribution in [0.3, 0.4) is 0 Å². The maximum absolute atomic E-state index is 11.7. The van der Waals surface area contributed by atoms with Crippen molar-refractivity contribution < 1.29 is 19.1 Å². The molecule has 2 aliphatic heterocycles. The van der Waals surface area contributed by atoms with Gasteiger partial charge in [0.25, 0.3) is 0 Å². The van der Waals surface area contributed by atoms with Crippen LogP contribution >= 0.6 is 0 Å². The van der Waals surface area contributed by atoms with E-state index in [0.29, 0.717) is 17.9 Å². The first-order valence-electron chi connectivity index (χ1n) is 13.8. The summed E-state index contributed by atoms with van der Waals surface area (Å²) >= 11 is 0. The van der Waals surface area contributed by atoms with Crippen LogP contribution in [-0.2, 0) is 14.3 Å². The van der Waals surface area contributed by atoms with Crippen molar-refractivity contribution in [2.75, 3.05) is 33.4 Å². The number of piperidine rings is 1. The topological polar surface area (TPSA) is 96.5 Å². The molecule has 8 nitrogen and oxygen atoms in total. The highest BCUT2D eigenvalue weighted by Gasteiger charge is 2.55. The second-order valence-electron chi connectivity index (χ2n) is 9.94. The maximum atomic E-state index is 11.7. The molecular formula is C33H42N4O4. The third-order valence-corrected chi connectivity index (χ3v) is 7.35. The fourth-order valence-electron chi connectivity index (χ4n) is 5.15. The van der Waals surface area contributed by atoms with Gasteiger partial charge in [-0.05, 0) is 61.3 Å². The van der Waals surface area contributed by atoms with E-state index in [1.807, 2.05) is 11.1 Å². The van der Waals surface area contributed by atoms with Gasteiger partial charge in [-0.2, -0.15) is 0 Å². The highest BCUT2D eigenvalue weighted by molar-refractivity contribution is 5.87. The van der Waals surface area contributed by atoms with Gasteiger partial charge < -0.3 is 24.7 Å². The zero-order valence-corrected chi connectivity index (χ0v) is 24.3. The number of rotatable bonds is 3. The number of alkyl carbamates (subject to hydrolysis) is 1. The standard InChI is InChI=1S/C14H12N2.C10H16N2O3.C5H10O.2C2H2/c1-10-2-3-12-7-13(5-4-11(12)6-10)14-8-15-9-16-14;1-6-7-3-4-12(9(6)7)8(13)5-11-10(14)15-2;1-2-4-6-5-3-1;2*1-2/h2-9H,1H3,(H,15,16);6-7,9H,3-5H2,1-2H3,(H,11,14);1-5H2;2*1-2H/t;6-,7?,9?;;;/m.1.../s1. The molecule has 1 aromatic heterocycles. The average molecular weight is 559 g/mol. The minimum Gasteiger partial charge on any atom is -0.453 e. The maximum Gasteiger partial charge on any atom is 0.407 e. The Bertz CT molecular complexity index is 1250. The number of likely N-dealkylation sites (tertiary alicyclic amines) is 1. The Morgan fingerprint density at radius 1 is 1.07 bits per heavy atom. The van der Waals surface area contributed by atoms with E-state index in [-0.39, 0.29) is 12.5 Å². The molecular weight excluding hydrogens is 516 g/mol. The van der Waals surface area contributed by atoms with E-state index in [0.717, 1.165) is 31.9 Å². The lowest BCUT2D eigenvalue weighted by Crippen LogP contribution is -2.40. The summed E-state index contributed by atoms with van der Waals surface area (Å²) in [4.78, 5) is 31.5. The van der Waals surface area contributed by atoms with Gasteiger partial charge >= 0.3 is 6.09 Å². The van der Waals surface area contributed by atoms with E-state index in [2.05, 4.69) is 96.0 Å². The largest absolute Gasteiger partial charge is 0.453 e. The number of hydrogen-bond acceptors (Lipinski definition) is 5. The molecule has 41 heavy (non-hydrogen) atoms. The van der Waals surface area contributed by atoms with Crippen molar-refractivity contribution in [1.29, 1.82) is 0 Å². The minimum absolute atomic E-state index is 0.00255. The lowest BCUT2D eigenvalue weighted by molar-refractivity contribution is -0.130. The van der Waals surface area contributed by atoms with Gasteiger partial charge in [0.1, 0.15) is 6.54 Å². The molecule has 0 radical (unpaired) electrons. The molecule has 2 unspecified atom stereocenters. The van der Waals surface area contributed by atoms with Gasteiger partial charge in [0.05, 0.1) is 25.3 Å². The molecule has 3 atom stereocenters. The summed E-state index contributed by atoms with van der Waals surface area (Å²) in [5.41, 5.74) is 3.53. The number of aromatic amines is 1. The molecule has 1 aliphatic carbocycles. The summed E-state index contributed by atoms with van der Waals surface area (Å²) in [5, 5.41) is 4.95. The second-order valence-corrected chi connectivity index (χ2v) is 9.94. The molecule has 0 spiro atoms. The number of nitrogens with zero attached hydrogens (tertiary/aromatic N) is 2. The molecule has 3 aliphatic rings. The van der Waals surface area contributed by atoms with Crippen molar-refractivity contribution >= 4 is 22.8 Å². The highest BCUT2D eigenvalue weighted by Crippen LogP contribution is 2.50. The number of benzene rings is 2. The van der Waals surface area contributed by atoms with Gasteiger partial charge in [0, 0.05) is 31.4 Å². The van der Waals surface area contributed by atoms with E-state index < -0.39 is 6.09 Å². The first-order valence-corrected chi connectivity index (χ1v) is 13.8. The number of fused-ring (bicyclic) bond motifs is 2. The number of imidazole rings is 1. The van der Waals surface area contributed by atoms with Crippen molar-refractivity contribution in [1.82, 2.24) is 20.2 Å². The Morgan fingerprint density at radius 2 is 1.76 bits per heavy atom. The third-order valence-electron chi connectivity index (χ3n) is 7.35. The van der Waals surface area contributed by atoms with Crippen molar-refractivity contribution in [2.45, 2.75) is 45.6 Å². The van der Waals surface area contributed by atoms with Crippen LogP contribution in [-0.4, -0.2) is 66.3 Å². The molecule has 218 valence electrons.